The van der Waals surface area contributed by atoms with E-state index < -0.39 is 6.04 Å². The van der Waals surface area contributed by atoms with Crippen LogP contribution >= 0.6 is 0 Å². The number of nitrogens with zero attached hydrogens (tertiary/aromatic N) is 3. The number of benzene rings is 2. The summed E-state index contributed by atoms with van der Waals surface area (Å²) in [6, 6.07) is 12.6. The summed E-state index contributed by atoms with van der Waals surface area (Å²) < 4.78 is 24.4. The highest BCUT2D eigenvalue weighted by Gasteiger charge is 2.35. The molecule has 7 nitrogen and oxygen atoms in total. The van der Waals surface area contributed by atoms with Gasteiger partial charge in [-0.05, 0) is 55.3 Å². The van der Waals surface area contributed by atoms with Crippen molar-refractivity contribution in [2.45, 2.75) is 32.7 Å². The normalized spacial score (nSPS) is 16.3. The Hall–Kier alpha value is -3.68. The van der Waals surface area contributed by atoms with Crippen molar-refractivity contribution < 1.29 is 18.4 Å². The minimum atomic E-state index is -0.537. The summed E-state index contributed by atoms with van der Waals surface area (Å²) in [6.07, 6.45) is 1.82. The van der Waals surface area contributed by atoms with Crippen molar-refractivity contribution in [1.82, 2.24) is 20.4 Å². The minimum absolute atomic E-state index is 0.205. The van der Waals surface area contributed by atoms with Gasteiger partial charge in [-0.15, -0.1) is 0 Å². The maximum absolute atomic E-state index is 13.5. The SMILES string of the molecule is CCCCN1C(=O)NC(c2ccc(F)cc2)C(c2nc(-c3ccc(OC)cc3)no2)=C1C. The number of allylic oxidation sites excluding steroid dienone is 1. The first-order valence-electron chi connectivity index (χ1n) is 10.5. The van der Waals surface area contributed by atoms with Crippen LogP contribution in [-0.4, -0.2) is 34.7 Å². The standard InChI is InChI=1S/C24H25FN4O3/c1-4-5-14-29-15(2)20(21(26-24(29)30)16-6-10-18(25)11-7-16)23-27-22(28-32-23)17-8-12-19(31-3)13-9-17/h6-13,21H,4-5,14H2,1-3H3,(H,26,30). The first-order chi connectivity index (χ1) is 15.5. The number of carbonyl (C=O) groups is 1. The molecular weight excluding hydrogens is 411 g/mol. The van der Waals surface area contributed by atoms with Crippen LogP contribution in [0.3, 0.4) is 0 Å². The average Bonchev–Trinajstić information content (AvgIpc) is 3.29. The van der Waals surface area contributed by atoms with E-state index in [0.29, 0.717) is 23.8 Å². The molecule has 0 saturated carbocycles. The maximum Gasteiger partial charge on any atom is 0.322 e. The molecule has 1 aliphatic heterocycles. The second-order valence-corrected chi connectivity index (χ2v) is 7.59. The van der Waals surface area contributed by atoms with Gasteiger partial charge in [-0.1, -0.05) is 30.6 Å². The van der Waals surface area contributed by atoms with Crippen molar-refractivity contribution in [2.24, 2.45) is 0 Å². The molecule has 1 aliphatic rings. The lowest BCUT2D eigenvalue weighted by Gasteiger charge is -2.35. The van der Waals surface area contributed by atoms with Gasteiger partial charge in [0, 0.05) is 17.8 Å². The summed E-state index contributed by atoms with van der Waals surface area (Å²) in [4.78, 5) is 19.2. The quantitative estimate of drug-likeness (QED) is 0.552. The number of ether oxygens (including phenoxy) is 1. The zero-order valence-corrected chi connectivity index (χ0v) is 18.3. The zero-order chi connectivity index (χ0) is 22.7. The predicted octanol–water partition coefficient (Wildman–Crippen LogP) is 5.18. The molecule has 1 N–H and O–H groups in total. The number of nitrogens with one attached hydrogen (secondary N) is 1. The van der Waals surface area contributed by atoms with E-state index in [-0.39, 0.29) is 11.8 Å². The molecule has 0 radical (unpaired) electrons. The number of rotatable bonds is 7. The van der Waals surface area contributed by atoms with Gasteiger partial charge in [0.05, 0.1) is 18.7 Å². The Kier molecular flexibility index (Phi) is 6.20. The van der Waals surface area contributed by atoms with E-state index in [1.165, 1.54) is 12.1 Å². The lowest BCUT2D eigenvalue weighted by atomic mass is 9.94. The van der Waals surface area contributed by atoms with Gasteiger partial charge < -0.3 is 14.6 Å². The summed E-state index contributed by atoms with van der Waals surface area (Å²) in [7, 11) is 1.61. The number of amides is 2. The van der Waals surface area contributed by atoms with Crippen LogP contribution in [0.25, 0.3) is 17.0 Å². The number of carbonyl (C=O) groups excluding carboxylic acids is 1. The molecule has 0 aliphatic carbocycles. The van der Waals surface area contributed by atoms with Crippen molar-refractivity contribution >= 4 is 11.6 Å². The van der Waals surface area contributed by atoms with Gasteiger partial charge in [0.15, 0.2) is 0 Å². The minimum Gasteiger partial charge on any atom is -0.497 e. The monoisotopic (exact) mass is 436 g/mol. The number of unbranched alkanes of at least 4 members (excludes halogenated alkanes) is 1. The van der Waals surface area contributed by atoms with Gasteiger partial charge in [0.25, 0.3) is 5.89 Å². The number of methoxy groups -OCH3 is 1. The average molecular weight is 436 g/mol. The van der Waals surface area contributed by atoms with Crippen LogP contribution in [0.5, 0.6) is 5.75 Å². The second kappa shape index (κ2) is 9.21. The Bertz CT molecular complexity index is 1120. The molecular formula is C24H25FN4O3. The smallest absolute Gasteiger partial charge is 0.322 e. The molecule has 4 rings (SSSR count). The van der Waals surface area contributed by atoms with E-state index in [9.17, 15) is 9.18 Å². The summed E-state index contributed by atoms with van der Waals surface area (Å²) in [5.74, 6) is 1.12. The molecule has 2 amide bonds. The predicted molar refractivity (Wildman–Crippen MR) is 118 cm³/mol. The van der Waals surface area contributed by atoms with Crippen molar-refractivity contribution in [3.8, 4) is 17.1 Å². The number of hydrogen-bond donors (Lipinski definition) is 1. The van der Waals surface area contributed by atoms with Crippen molar-refractivity contribution in [2.75, 3.05) is 13.7 Å². The van der Waals surface area contributed by atoms with E-state index in [1.807, 2.05) is 31.2 Å². The fourth-order valence-corrected chi connectivity index (χ4v) is 3.74. The first-order valence-corrected chi connectivity index (χ1v) is 10.5. The van der Waals surface area contributed by atoms with Crippen molar-refractivity contribution in [3.63, 3.8) is 0 Å². The van der Waals surface area contributed by atoms with Gasteiger partial charge in [-0.25, -0.2) is 9.18 Å². The molecule has 32 heavy (non-hydrogen) atoms. The number of halogens is 1. The maximum atomic E-state index is 13.5. The van der Waals surface area contributed by atoms with Gasteiger partial charge in [0.1, 0.15) is 11.6 Å². The molecule has 2 heterocycles. The third-order valence-electron chi connectivity index (χ3n) is 5.54. The number of hydrogen-bond acceptors (Lipinski definition) is 5. The lowest BCUT2D eigenvalue weighted by Crippen LogP contribution is -2.46. The largest absolute Gasteiger partial charge is 0.497 e. The molecule has 0 fully saturated rings. The van der Waals surface area contributed by atoms with Crippen molar-refractivity contribution in [3.05, 3.63) is 71.5 Å². The molecule has 1 aromatic heterocycles. The highest BCUT2D eigenvalue weighted by Crippen LogP contribution is 2.37. The van der Waals surface area contributed by atoms with Gasteiger partial charge in [-0.3, -0.25) is 4.90 Å². The van der Waals surface area contributed by atoms with Gasteiger partial charge in [0.2, 0.25) is 5.82 Å². The Morgan fingerprint density at radius 3 is 2.53 bits per heavy atom. The fourth-order valence-electron chi connectivity index (χ4n) is 3.74. The molecule has 8 heteroatoms. The first kappa shape index (κ1) is 21.5. The highest BCUT2D eigenvalue weighted by molar-refractivity contribution is 5.86. The zero-order valence-electron chi connectivity index (χ0n) is 18.3. The van der Waals surface area contributed by atoms with Crippen LogP contribution in [-0.2, 0) is 0 Å². The number of urea groups is 1. The van der Waals surface area contributed by atoms with Gasteiger partial charge >= 0.3 is 6.03 Å². The lowest BCUT2D eigenvalue weighted by molar-refractivity contribution is 0.204. The molecule has 166 valence electrons. The van der Waals surface area contributed by atoms with Crippen LogP contribution in [0.4, 0.5) is 9.18 Å². The molecule has 1 atom stereocenters. The molecule has 0 saturated heterocycles. The van der Waals surface area contributed by atoms with Crippen LogP contribution < -0.4 is 10.1 Å². The van der Waals surface area contributed by atoms with E-state index in [2.05, 4.69) is 22.4 Å². The fraction of sp³-hybridized carbons (Fsp3) is 0.292. The second-order valence-electron chi connectivity index (χ2n) is 7.59. The van der Waals surface area contributed by atoms with Gasteiger partial charge in [-0.2, -0.15) is 4.98 Å². The molecule has 1 unspecified atom stereocenters. The molecule has 3 aromatic rings. The van der Waals surface area contributed by atoms with Crippen LogP contribution in [0.15, 0.2) is 58.8 Å². The van der Waals surface area contributed by atoms with E-state index in [1.54, 1.807) is 24.1 Å². The summed E-state index contributed by atoms with van der Waals surface area (Å²) >= 11 is 0. The Labute approximate surface area is 185 Å². The third-order valence-corrected chi connectivity index (χ3v) is 5.54. The Balaban J connectivity index is 1.76. The Morgan fingerprint density at radius 2 is 1.88 bits per heavy atom. The Morgan fingerprint density at radius 1 is 1.16 bits per heavy atom. The number of aromatic nitrogens is 2. The topological polar surface area (TPSA) is 80.5 Å². The summed E-state index contributed by atoms with van der Waals surface area (Å²) in [5, 5.41) is 7.16. The van der Waals surface area contributed by atoms with Crippen LogP contribution in [0.1, 0.15) is 44.2 Å². The van der Waals surface area contributed by atoms with Crippen LogP contribution in [0, 0.1) is 5.82 Å². The van der Waals surface area contributed by atoms with Crippen molar-refractivity contribution in [1.29, 1.82) is 0 Å². The third kappa shape index (κ3) is 4.21. The summed E-state index contributed by atoms with van der Waals surface area (Å²) in [5.41, 5.74) is 2.94. The molecule has 0 bridgehead atoms. The van der Waals surface area contributed by atoms with E-state index in [4.69, 9.17) is 9.26 Å². The highest BCUT2D eigenvalue weighted by atomic mass is 19.1. The van der Waals surface area contributed by atoms with Crippen LogP contribution in [0.2, 0.25) is 0 Å². The van der Waals surface area contributed by atoms with E-state index >= 15 is 0 Å². The summed E-state index contributed by atoms with van der Waals surface area (Å²) in [6.45, 7) is 4.52. The van der Waals surface area contributed by atoms with E-state index in [0.717, 1.165) is 35.4 Å². The molecule has 0 spiro atoms. The molecule has 2 aromatic carbocycles.